The highest BCUT2D eigenvalue weighted by atomic mass is 16.7. The highest BCUT2D eigenvalue weighted by molar-refractivity contribution is 4.54. The van der Waals surface area contributed by atoms with Gasteiger partial charge in [0.05, 0.1) is 0 Å². The fourth-order valence-corrected chi connectivity index (χ4v) is 1.80. The van der Waals surface area contributed by atoms with Crippen LogP contribution in [0.1, 0.15) is 51.4 Å². The van der Waals surface area contributed by atoms with Crippen LogP contribution in [0.4, 0.5) is 0 Å². The van der Waals surface area contributed by atoms with Gasteiger partial charge in [-0.25, -0.2) is 0 Å². The normalized spacial score (nSPS) is 21.8. The molecule has 1 N–H and O–H groups in total. The first-order chi connectivity index (χ1) is 7.43. The van der Waals surface area contributed by atoms with Crippen molar-refractivity contribution in [3.05, 3.63) is 0 Å². The van der Waals surface area contributed by atoms with Gasteiger partial charge in [0.2, 0.25) is 0 Å². The molecule has 0 amide bonds. The van der Waals surface area contributed by atoms with Crippen LogP contribution in [0.25, 0.3) is 0 Å². The Bertz CT molecular complexity index is 133. The van der Waals surface area contributed by atoms with Gasteiger partial charge < -0.3 is 14.6 Å². The summed E-state index contributed by atoms with van der Waals surface area (Å²) in [5, 5.41) is 8.60. The monoisotopic (exact) mass is 216 g/mol. The van der Waals surface area contributed by atoms with Crippen molar-refractivity contribution in [3.8, 4) is 0 Å². The molecule has 1 fully saturated rings. The number of ether oxygens (including phenoxy) is 2. The smallest absolute Gasteiger partial charge is 0.157 e. The number of rotatable bonds is 8. The summed E-state index contributed by atoms with van der Waals surface area (Å²) in [7, 11) is 0. The average molecular weight is 216 g/mol. The van der Waals surface area contributed by atoms with Gasteiger partial charge in [-0.2, -0.15) is 0 Å². The van der Waals surface area contributed by atoms with Gasteiger partial charge in [0.25, 0.3) is 0 Å². The summed E-state index contributed by atoms with van der Waals surface area (Å²) in [6.45, 7) is 2.01. The van der Waals surface area contributed by atoms with Crippen LogP contribution in [0.2, 0.25) is 0 Å². The fraction of sp³-hybridized carbons (Fsp3) is 1.00. The molecule has 0 spiro atoms. The molecule has 0 radical (unpaired) electrons. The van der Waals surface area contributed by atoms with Crippen LogP contribution in [0, 0.1) is 0 Å². The van der Waals surface area contributed by atoms with Gasteiger partial charge in [-0.1, -0.05) is 19.3 Å². The Morgan fingerprint density at radius 1 is 1.07 bits per heavy atom. The zero-order valence-electron chi connectivity index (χ0n) is 9.62. The largest absolute Gasteiger partial charge is 0.396 e. The summed E-state index contributed by atoms with van der Waals surface area (Å²) in [4.78, 5) is 0. The van der Waals surface area contributed by atoms with Gasteiger partial charge >= 0.3 is 0 Å². The van der Waals surface area contributed by atoms with E-state index in [0.29, 0.717) is 6.61 Å². The van der Waals surface area contributed by atoms with Gasteiger partial charge in [0.15, 0.2) is 6.29 Å². The molecule has 0 aromatic carbocycles. The molecular weight excluding hydrogens is 192 g/mol. The van der Waals surface area contributed by atoms with Crippen molar-refractivity contribution >= 4 is 0 Å². The Morgan fingerprint density at radius 2 is 1.87 bits per heavy atom. The predicted octanol–water partition coefficient (Wildman–Crippen LogP) is 2.47. The zero-order valence-corrected chi connectivity index (χ0v) is 9.62. The topological polar surface area (TPSA) is 38.7 Å². The van der Waals surface area contributed by atoms with Crippen LogP contribution < -0.4 is 0 Å². The molecule has 1 aliphatic rings. The zero-order chi connectivity index (χ0) is 10.8. The molecular formula is C12H24O3. The average Bonchev–Trinajstić information content (AvgIpc) is 2.29. The molecule has 90 valence electrons. The molecule has 1 unspecified atom stereocenters. The van der Waals surface area contributed by atoms with Crippen LogP contribution in [-0.4, -0.2) is 31.2 Å². The van der Waals surface area contributed by atoms with Crippen molar-refractivity contribution < 1.29 is 14.6 Å². The van der Waals surface area contributed by atoms with Crippen LogP contribution in [0.3, 0.4) is 0 Å². The lowest BCUT2D eigenvalue weighted by Gasteiger charge is -2.22. The molecule has 0 saturated carbocycles. The molecule has 0 bridgehead atoms. The van der Waals surface area contributed by atoms with Crippen molar-refractivity contribution in [1.29, 1.82) is 0 Å². The minimum atomic E-state index is 0.0659. The number of aliphatic hydroxyl groups is 1. The summed E-state index contributed by atoms with van der Waals surface area (Å²) >= 11 is 0. The first-order valence-corrected chi connectivity index (χ1v) is 6.27. The number of hydrogen-bond acceptors (Lipinski definition) is 3. The van der Waals surface area contributed by atoms with E-state index in [2.05, 4.69) is 0 Å². The Labute approximate surface area is 92.8 Å². The SMILES string of the molecule is OCCCCCCCOC1CCCCO1. The number of unbranched alkanes of at least 4 members (excludes halogenated alkanes) is 4. The molecule has 1 saturated heterocycles. The maximum absolute atomic E-state index is 8.60. The summed E-state index contributed by atoms with van der Waals surface area (Å²) in [6, 6.07) is 0. The van der Waals surface area contributed by atoms with Crippen LogP contribution in [-0.2, 0) is 9.47 Å². The molecule has 0 aromatic heterocycles. The van der Waals surface area contributed by atoms with Crippen molar-refractivity contribution in [2.45, 2.75) is 57.7 Å². The van der Waals surface area contributed by atoms with Crippen molar-refractivity contribution in [2.24, 2.45) is 0 Å². The molecule has 15 heavy (non-hydrogen) atoms. The van der Waals surface area contributed by atoms with E-state index >= 15 is 0 Å². The van der Waals surface area contributed by atoms with Crippen LogP contribution in [0.5, 0.6) is 0 Å². The van der Waals surface area contributed by atoms with Gasteiger partial charge in [0.1, 0.15) is 0 Å². The van der Waals surface area contributed by atoms with Crippen molar-refractivity contribution in [2.75, 3.05) is 19.8 Å². The second-order valence-corrected chi connectivity index (χ2v) is 4.16. The lowest BCUT2D eigenvalue weighted by Crippen LogP contribution is -2.22. The Kier molecular flexibility index (Phi) is 7.88. The molecule has 0 aromatic rings. The van der Waals surface area contributed by atoms with Crippen molar-refractivity contribution in [3.63, 3.8) is 0 Å². The Hall–Kier alpha value is -0.120. The Morgan fingerprint density at radius 3 is 2.60 bits per heavy atom. The molecule has 3 nitrogen and oxygen atoms in total. The minimum Gasteiger partial charge on any atom is -0.396 e. The maximum Gasteiger partial charge on any atom is 0.157 e. The van der Waals surface area contributed by atoms with E-state index in [9.17, 15) is 0 Å². The first-order valence-electron chi connectivity index (χ1n) is 6.27. The highest BCUT2D eigenvalue weighted by Crippen LogP contribution is 2.14. The van der Waals surface area contributed by atoms with Crippen LogP contribution in [0.15, 0.2) is 0 Å². The third kappa shape index (κ3) is 6.88. The van der Waals surface area contributed by atoms with Gasteiger partial charge in [-0.15, -0.1) is 0 Å². The molecule has 1 rings (SSSR count). The Balaban J connectivity index is 1.79. The minimum absolute atomic E-state index is 0.0659. The second kappa shape index (κ2) is 9.13. The predicted molar refractivity (Wildman–Crippen MR) is 59.7 cm³/mol. The van der Waals surface area contributed by atoms with Crippen LogP contribution >= 0.6 is 0 Å². The van der Waals surface area contributed by atoms with E-state index in [1.807, 2.05) is 0 Å². The molecule has 0 aliphatic carbocycles. The molecule has 1 heterocycles. The van der Waals surface area contributed by atoms with Gasteiger partial charge in [-0.05, 0) is 32.1 Å². The first kappa shape index (κ1) is 12.9. The maximum atomic E-state index is 8.60. The molecule has 1 aliphatic heterocycles. The highest BCUT2D eigenvalue weighted by Gasteiger charge is 2.12. The van der Waals surface area contributed by atoms with E-state index < -0.39 is 0 Å². The van der Waals surface area contributed by atoms with E-state index in [-0.39, 0.29) is 6.29 Å². The van der Waals surface area contributed by atoms with E-state index in [1.54, 1.807) is 0 Å². The van der Waals surface area contributed by atoms with E-state index in [0.717, 1.165) is 38.9 Å². The molecule has 3 heteroatoms. The molecule has 1 atom stereocenters. The number of aliphatic hydroxyl groups excluding tert-OH is 1. The summed E-state index contributed by atoms with van der Waals surface area (Å²) in [5.74, 6) is 0. The van der Waals surface area contributed by atoms with E-state index in [4.69, 9.17) is 14.6 Å². The number of hydrogen-bond donors (Lipinski definition) is 1. The van der Waals surface area contributed by atoms with Crippen molar-refractivity contribution in [1.82, 2.24) is 0 Å². The third-order valence-electron chi connectivity index (χ3n) is 2.74. The standard InChI is InChI=1S/C12H24O3/c13-9-5-2-1-3-6-10-14-12-8-4-7-11-15-12/h12-13H,1-11H2. The summed E-state index contributed by atoms with van der Waals surface area (Å²) in [5.41, 5.74) is 0. The quantitative estimate of drug-likeness (QED) is 0.633. The second-order valence-electron chi connectivity index (χ2n) is 4.16. The summed E-state index contributed by atoms with van der Waals surface area (Å²) < 4.78 is 11.1. The van der Waals surface area contributed by atoms with E-state index in [1.165, 1.54) is 25.7 Å². The lowest BCUT2D eigenvalue weighted by molar-refractivity contribution is -0.162. The lowest BCUT2D eigenvalue weighted by atomic mass is 10.1. The van der Waals surface area contributed by atoms with Gasteiger partial charge in [-0.3, -0.25) is 0 Å². The third-order valence-corrected chi connectivity index (χ3v) is 2.74. The fourth-order valence-electron chi connectivity index (χ4n) is 1.80. The summed E-state index contributed by atoms with van der Waals surface area (Å²) in [6.07, 6.45) is 9.14. The van der Waals surface area contributed by atoms with Gasteiger partial charge in [0, 0.05) is 19.8 Å².